The lowest BCUT2D eigenvalue weighted by Crippen LogP contribution is -2.31. The third-order valence-corrected chi connectivity index (χ3v) is 2.50. The van der Waals surface area contributed by atoms with Gasteiger partial charge in [-0.05, 0) is 0 Å². The second-order valence-electron chi connectivity index (χ2n) is 2.04. The highest BCUT2D eigenvalue weighted by molar-refractivity contribution is 9.09. The molecule has 1 aliphatic rings. The minimum Gasteiger partial charge on any atom is -0.305 e. The summed E-state index contributed by atoms with van der Waals surface area (Å²) in [4.78, 5) is 24.7. The molecule has 1 rings (SSSR count). The van der Waals surface area contributed by atoms with Crippen molar-refractivity contribution in [2.24, 2.45) is 0 Å². The zero-order chi connectivity index (χ0) is 8.43. The quantitative estimate of drug-likeness (QED) is 0.431. The van der Waals surface area contributed by atoms with E-state index in [1.54, 1.807) is 0 Å². The van der Waals surface area contributed by atoms with E-state index in [-0.39, 0.29) is 23.9 Å². The van der Waals surface area contributed by atoms with Crippen LogP contribution in [0.5, 0.6) is 0 Å². The number of carbonyl (C=O) groups is 2. The first-order valence-corrected chi connectivity index (χ1v) is 5.16. The van der Waals surface area contributed by atoms with Crippen molar-refractivity contribution < 1.29 is 9.59 Å². The summed E-state index contributed by atoms with van der Waals surface area (Å²) >= 11 is 6.17. The molecule has 4 nitrogen and oxygen atoms in total. The molecule has 1 fully saturated rings. The Hall–Kier alpha value is -0.100. The average Bonchev–Trinajstić information content (AvgIpc) is 2.26. The van der Waals surface area contributed by atoms with Crippen molar-refractivity contribution in [2.75, 3.05) is 17.5 Å². The Morgan fingerprint density at radius 1 is 1.27 bits per heavy atom. The highest BCUT2D eigenvalue weighted by Gasteiger charge is 2.34. The summed E-state index contributed by atoms with van der Waals surface area (Å²) in [5, 5.41) is 0. The summed E-state index contributed by atoms with van der Waals surface area (Å²) < 4.78 is 0. The molecular formula is C5H6Br2N2O2. The van der Waals surface area contributed by atoms with Crippen molar-refractivity contribution in [1.29, 1.82) is 0 Å². The predicted octanol–water partition coefficient (Wildman–Crippen LogP) is 0.955. The number of rotatable bonds is 2. The minimum absolute atomic E-state index is 0.161. The first-order valence-electron chi connectivity index (χ1n) is 2.92. The van der Waals surface area contributed by atoms with Crippen LogP contribution in [0.15, 0.2) is 0 Å². The van der Waals surface area contributed by atoms with Crippen LogP contribution in [0.1, 0.15) is 0 Å². The van der Waals surface area contributed by atoms with Gasteiger partial charge in [-0.3, -0.25) is 9.69 Å². The molecule has 0 atom stereocenters. The summed E-state index contributed by atoms with van der Waals surface area (Å²) in [6.07, 6.45) is 0. The van der Waals surface area contributed by atoms with Gasteiger partial charge in [0.05, 0.1) is 10.9 Å². The molecule has 0 bridgehead atoms. The lowest BCUT2D eigenvalue weighted by molar-refractivity contribution is -0.124. The van der Waals surface area contributed by atoms with Crippen LogP contribution in [0.4, 0.5) is 4.79 Å². The van der Waals surface area contributed by atoms with Crippen molar-refractivity contribution >= 4 is 43.8 Å². The summed E-state index contributed by atoms with van der Waals surface area (Å²) in [7, 11) is 0. The monoisotopic (exact) mass is 284 g/mol. The Morgan fingerprint density at radius 2 is 1.91 bits per heavy atom. The Bertz CT molecular complexity index is 197. The first kappa shape index (κ1) is 8.99. The molecule has 0 saturated carbocycles. The van der Waals surface area contributed by atoms with E-state index in [1.807, 2.05) is 0 Å². The van der Waals surface area contributed by atoms with Crippen LogP contribution in [-0.2, 0) is 4.79 Å². The molecular weight excluding hydrogens is 280 g/mol. The third kappa shape index (κ3) is 1.56. The van der Waals surface area contributed by atoms with Gasteiger partial charge in [0.15, 0.2) is 0 Å². The van der Waals surface area contributed by atoms with Crippen molar-refractivity contribution in [3.63, 3.8) is 0 Å². The van der Waals surface area contributed by atoms with Crippen LogP contribution in [0, 0.1) is 0 Å². The van der Waals surface area contributed by atoms with Crippen LogP contribution in [0.2, 0.25) is 0 Å². The Morgan fingerprint density at radius 3 is 2.18 bits per heavy atom. The number of halogens is 2. The van der Waals surface area contributed by atoms with Gasteiger partial charge in [-0.2, -0.15) is 0 Å². The summed E-state index contributed by atoms with van der Waals surface area (Å²) in [5.41, 5.74) is 0.676. The van der Waals surface area contributed by atoms with Crippen LogP contribution in [0.25, 0.3) is 0 Å². The van der Waals surface area contributed by atoms with Gasteiger partial charge in [-0.1, -0.05) is 31.9 Å². The molecule has 62 valence electrons. The Labute approximate surface area is 80.8 Å². The van der Waals surface area contributed by atoms with Crippen molar-refractivity contribution in [3.05, 3.63) is 0 Å². The maximum absolute atomic E-state index is 11.1. The molecule has 3 amide bonds. The fourth-order valence-corrected chi connectivity index (χ4v) is 1.69. The highest BCUT2D eigenvalue weighted by atomic mass is 79.9. The maximum Gasteiger partial charge on any atom is 0.328 e. The van der Waals surface area contributed by atoms with E-state index >= 15 is 0 Å². The second kappa shape index (κ2) is 3.53. The molecule has 0 radical (unpaired) electrons. The molecule has 0 aliphatic carbocycles. The van der Waals surface area contributed by atoms with E-state index in [1.165, 1.54) is 4.90 Å². The molecule has 1 aliphatic heterocycles. The van der Waals surface area contributed by atoms with Crippen molar-refractivity contribution in [2.45, 2.75) is 0 Å². The topological polar surface area (TPSA) is 40.6 Å². The average molecular weight is 286 g/mol. The zero-order valence-electron chi connectivity index (χ0n) is 5.59. The van der Waals surface area contributed by atoms with E-state index in [0.717, 1.165) is 4.90 Å². The van der Waals surface area contributed by atoms with Gasteiger partial charge < -0.3 is 4.90 Å². The van der Waals surface area contributed by atoms with Crippen LogP contribution >= 0.6 is 31.9 Å². The Kier molecular flexibility index (Phi) is 2.89. The third-order valence-electron chi connectivity index (χ3n) is 1.39. The molecule has 0 aromatic heterocycles. The summed E-state index contributed by atoms with van der Waals surface area (Å²) in [5.74, 6) is -0.161. The lowest BCUT2D eigenvalue weighted by Gasteiger charge is -2.11. The number of hydrogen-bond donors (Lipinski definition) is 0. The number of amides is 3. The molecule has 0 spiro atoms. The molecule has 0 aromatic carbocycles. The fraction of sp³-hybridized carbons (Fsp3) is 0.600. The SMILES string of the molecule is O=C1CN(CBr)C(=O)N1CBr. The van der Waals surface area contributed by atoms with Gasteiger partial charge in [0.1, 0.15) is 6.54 Å². The molecule has 0 aromatic rings. The molecule has 1 saturated heterocycles. The number of urea groups is 1. The van der Waals surface area contributed by atoms with E-state index in [2.05, 4.69) is 31.9 Å². The Balaban J connectivity index is 2.71. The van der Waals surface area contributed by atoms with Crippen LogP contribution in [0.3, 0.4) is 0 Å². The van der Waals surface area contributed by atoms with Gasteiger partial charge in [0.2, 0.25) is 0 Å². The van der Waals surface area contributed by atoms with E-state index in [9.17, 15) is 9.59 Å². The van der Waals surface area contributed by atoms with E-state index in [4.69, 9.17) is 0 Å². The molecule has 1 heterocycles. The summed E-state index contributed by atoms with van der Waals surface area (Å²) in [6.45, 7) is 0.176. The second-order valence-corrected chi connectivity index (χ2v) is 3.04. The molecule has 11 heavy (non-hydrogen) atoms. The van der Waals surface area contributed by atoms with E-state index < -0.39 is 0 Å². The molecule has 0 unspecified atom stereocenters. The first-order chi connectivity index (χ1) is 5.20. The van der Waals surface area contributed by atoms with Gasteiger partial charge in [0.25, 0.3) is 5.91 Å². The highest BCUT2D eigenvalue weighted by Crippen LogP contribution is 2.12. The number of alkyl halides is 2. The van der Waals surface area contributed by atoms with Gasteiger partial charge in [-0.25, -0.2) is 4.79 Å². The number of carbonyl (C=O) groups excluding carboxylic acids is 2. The van der Waals surface area contributed by atoms with Gasteiger partial charge >= 0.3 is 6.03 Å². The minimum atomic E-state index is -0.247. The number of imide groups is 1. The van der Waals surface area contributed by atoms with Crippen LogP contribution < -0.4 is 0 Å². The van der Waals surface area contributed by atoms with Crippen LogP contribution in [-0.4, -0.2) is 39.2 Å². The fourth-order valence-electron chi connectivity index (χ4n) is 0.805. The van der Waals surface area contributed by atoms with E-state index in [0.29, 0.717) is 5.45 Å². The lowest BCUT2D eigenvalue weighted by atomic mass is 10.6. The normalized spacial score (nSPS) is 18.4. The standard InChI is InChI=1S/C5H6Br2N2O2/c6-2-8-1-4(10)9(3-7)5(8)11/h1-3H2. The molecule has 6 heteroatoms. The smallest absolute Gasteiger partial charge is 0.305 e. The van der Waals surface area contributed by atoms with Crippen molar-refractivity contribution in [1.82, 2.24) is 9.80 Å². The largest absolute Gasteiger partial charge is 0.328 e. The predicted molar refractivity (Wildman–Crippen MR) is 46.5 cm³/mol. The summed E-state index contributed by atoms with van der Waals surface area (Å²) in [6, 6.07) is -0.247. The van der Waals surface area contributed by atoms with Gasteiger partial charge in [-0.15, -0.1) is 0 Å². The van der Waals surface area contributed by atoms with Gasteiger partial charge in [0, 0.05) is 0 Å². The molecule has 0 N–H and O–H groups in total. The van der Waals surface area contributed by atoms with Crippen molar-refractivity contribution in [3.8, 4) is 0 Å². The number of hydrogen-bond acceptors (Lipinski definition) is 2. The number of nitrogens with zero attached hydrogens (tertiary/aromatic N) is 2. The maximum atomic E-state index is 11.1. The zero-order valence-corrected chi connectivity index (χ0v) is 8.76.